The highest BCUT2D eigenvalue weighted by molar-refractivity contribution is 5.88. The molecule has 0 radical (unpaired) electrons. The highest BCUT2D eigenvalue weighted by Crippen LogP contribution is 2.16. The summed E-state index contributed by atoms with van der Waals surface area (Å²) in [6, 6.07) is 0. The van der Waals surface area contributed by atoms with Crippen LogP contribution in [0.25, 0.3) is 0 Å². The summed E-state index contributed by atoms with van der Waals surface area (Å²) < 4.78 is 12.1. The zero-order valence-electron chi connectivity index (χ0n) is 11.2. The van der Waals surface area contributed by atoms with E-state index in [-0.39, 0.29) is 11.8 Å². The molecule has 1 aliphatic rings. The maximum atomic E-state index is 11.6. The number of carbonyl (C=O) groups excluding carboxylic acids is 1. The summed E-state index contributed by atoms with van der Waals surface area (Å²) in [5.74, 6) is -0.473. The van der Waals surface area contributed by atoms with Crippen LogP contribution in [-0.4, -0.2) is 47.3 Å². The number of rotatable bonds is 5. The molecule has 1 aromatic rings. The third-order valence-electron chi connectivity index (χ3n) is 3.25. The monoisotopic (exact) mass is 268 g/mol. The van der Waals surface area contributed by atoms with Crippen molar-refractivity contribution < 1.29 is 14.3 Å². The van der Waals surface area contributed by atoms with Gasteiger partial charge < -0.3 is 15.2 Å². The number of nitrogens with two attached hydrogens (primary N) is 1. The van der Waals surface area contributed by atoms with Gasteiger partial charge in [-0.25, -0.2) is 9.48 Å². The van der Waals surface area contributed by atoms with Crippen molar-refractivity contribution in [2.24, 2.45) is 5.73 Å². The Morgan fingerprint density at radius 3 is 3.05 bits per heavy atom. The Bertz CT molecular complexity index is 427. The van der Waals surface area contributed by atoms with E-state index in [9.17, 15) is 4.79 Å². The summed E-state index contributed by atoms with van der Waals surface area (Å²) in [5, 5.41) is 7.93. The third kappa shape index (κ3) is 3.30. The average molecular weight is 268 g/mol. The zero-order valence-corrected chi connectivity index (χ0v) is 11.2. The van der Waals surface area contributed by atoms with Gasteiger partial charge in [0, 0.05) is 13.0 Å². The Balaban J connectivity index is 2.14. The van der Waals surface area contributed by atoms with Gasteiger partial charge in [-0.05, 0) is 25.8 Å². The molecule has 2 N–H and O–H groups in total. The fourth-order valence-electron chi connectivity index (χ4n) is 2.26. The smallest absolute Gasteiger partial charge is 0.360 e. The van der Waals surface area contributed by atoms with Gasteiger partial charge in [0.1, 0.15) is 0 Å². The van der Waals surface area contributed by atoms with Crippen molar-refractivity contribution in [1.82, 2.24) is 15.0 Å². The van der Waals surface area contributed by atoms with Crippen molar-refractivity contribution in [2.45, 2.75) is 38.3 Å². The average Bonchev–Trinajstić information content (AvgIpc) is 2.83. The summed E-state index contributed by atoms with van der Waals surface area (Å²) >= 11 is 0. The Morgan fingerprint density at radius 2 is 2.42 bits per heavy atom. The maximum absolute atomic E-state index is 11.6. The molecule has 2 heterocycles. The van der Waals surface area contributed by atoms with Gasteiger partial charge in [0.2, 0.25) is 0 Å². The number of carbonyl (C=O) groups is 1. The van der Waals surface area contributed by atoms with Crippen LogP contribution < -0.4 is 5.73 Å². The topological polar surface area (TPSA) is 92.3 Å². The van der Waals surface area contributed by atoms with Crippen molar-refractivity contribution in [3.63, 3.8) is 0 Å². The van der Waals surface area contributed by atoms with Crippen LogP contribution in [0.3, 0.4) is 0 Å². The molecule has 0 aliphatic carbocycles. The molecule has 7 nitrogen and oxygen atoms in total. The Labute approximate surface area is 112 Å². The van der Waals surface area contributed by atoms with Crippen LogP contribution >= 0.6 is 0 Å². The number of nitrogens with zero attached hydrogens (tertiary/aromatic N) is 3. The highest BCUT2D eigenvalue weighted by Gasteiger charge is 2.22. The van der Waals surface area contributed by atoms with Crippen LogP contribution in [-0.2, 0) is 22.4 Å². The molecule has 1 unspecified atom stereocenters. The molecular weight excluding hydrogens is 248 g/mol. The first kappa shape index (κ1) is 14.0. The molecule has 0 bridgehead atoms. The molecule has 1 aliphatic heterocycles. The van der Waals surface area contributed by atoms with Crippen LogP contribution in [0.5, 0.6) is 0 Å². The second-order valence-corrected chi connectivity index (χ2v) is 4.59. The predicted octanol–water partition coefficient (Wildman–Crippen LogP) is 0.135. The summed E-state index contributed by atoms with van der Waals surface area (Å²) in [6.07, 6.45) is 3.96. The van der Waals surface area contributed by atoms with Gasteiger partial charge in [0.25, 0.3) is 0 Å². The van der Waals surface area contributed by atoms with Crippen molar-refractivity contribution in [2.75, 3.05) is 20.3 Å². The molecule has 1 fully saturated rings. The zero-order chi connectivity index (χ0) is 13.7. The van der Waals surface area contributed by atoms with Crippen LogP contribution in [0.15, 0.2) is 0 Å². The van der Waals surface area contributed by atoms with E-state index >= 15 is 0 Å². The minimum Gasteiger partial charge on any atom is -0.464 e. The minimum atomic E-state index is -0.473. The normalized spacial score (nSPS) is 19.4. The largest absolute Gasteiger partial charge is 0.464 e. The van der Waals surface area contributed by atoms with Gasteiger partial charge in [-0.1, -0.05) is 5.21 Å². The molecule has 7 heteroatoms. The lowest BCUT2D eigenvalue weighted by molar-refractivity contribution is 0.00321. The van der Waals surface area contributed by atoms with Crippen LogP contribution in [0.1, 0.15) is 35.4 Å². The first-order valence-electron chi connectivity index (χ1n) is 6.58. The van der Waals surface area contributed by atoms with Crippen molar-refractivity contribution >= 4 is 5.97 Å². The molecule has 2 rings (SSSR count). The first-order valence-corrected chi connectivity index (χ1v) is 6.58. The summed E-state index contributed by atoms with van der Waals surface area (Å²) in [6.45, 7) is 1.83. The Hall–Kier alpha value is -1.47. The molecule has 19 heavy (non-hydrogen) atoms. The molecule has 0 spiro atoms. The number of ether oxygens (including phenoxy) is 2. The molecular formula is C12H20N4O3. The molecule has 106 valence electrons. The van der Waals surface area contributed by atoms with E-state index in [4.69, 9.17) is 15.2 Å². The number of aromatic nitrogens is 3. The summed E-state index contributed by atoms with van der Waals surface area (Å²) in [4.78, 5) is 11.6. The van der Waals surface area contributed by atoms with Crippen molar-refractivity contribution in [1.29, 1.82) is 0 Å². The van der Waals surface area contributed by atoms with Crippen molar-refractivity contribution in [3.8, 4) is 0 Å². The van der Waals surface area contributed by atoms with E-state index in [0.717, 1.165) is 31.6 Å². The van der Waals surface area contributed by atoms with Crippen LogP contribution in [0.4, 0.5) is 0 Å². The van der Waals surface area contributed by atoms with E-state index in [1.54, 1.807) is 4.68 Å². The lowest BCUT2D eigenvalue weighted by Crippen LogP contribution is -2.26. The first-order chi connectivity index (χ1) is 9.26. The lowest BCUT2D eigenvalue weighted by Gasteiger charge is -2.22. The van der Waals surface area contributed by atoms with Gasteiger partial charge in [-0.2, -0.15) is 0 Å². The van der Waals surface area contributed by atoms with Gasteiger partial charge in [0.15, 0.2) is 5.69 Å². The fraction of sp³-hybridized carbons (Fsp3) is 0.750. The van der Waals surface area contributed by atoms with Crippen LogP contribution in [0, 0.1) is 0 Å². The van der Waals surface area contributed by atoms with Crippen molar-refractivity contribution in [3.05, 3.63) is 11.4 Å². The second-order valence-electron chi connectivity index (χ2n) is 4.59. The van der Waals surface area contributed by atoms with Gasteiger partial charge in [-0.15, -0.1) is 5.10 Å². The van der Waals surface area contributed by atoms with E-state index in [0.29, 0.717) is 19.5 Å². The standard InChI is InChI=1S/C12H20N4O3/c1-18-12(17)11-10(5-6-13)16(15-14-11)8-9-4-2-3-7-19-9/h9H,2-8,13H2,1H3. The molecule has 0 aromatic carbocycles. The van der Waals surface area contributed by atoms with E-state index in [2.05, 4.69) is 10.3 Å². The second kappa shape index (κ2) is 6.63. The number of methoxy groups -OCH3 is 1. The van der Waals surface area contributed by atoms with E-state index in [1.165, 1.54) is 7.11 Å². The summed E-state index contributed by atoms with van der Waals surface area (Å²) in [5.41, 5.74) is 6.56. The molecule has 0 saturated carbocycles. The maximum Gasteiger partial charge on any atom is 0.360 e. The number of esters is 1. The molecule has 1 saturated heterocycles. The lowest BCUT2D eigenvalue weighted by atomic mass is 10.1. The number of hydrogen-bond acceptors (Lipinski definition) is 6. The molecule has 0 amide bonds. The SMILES string of the molecule is COC(=O)c1nnn(CC2CCCCO2)c1CCN. The molecule has 1 aromatic heterocycles. The Morgan fingerprint density at radius 1 is 1.58 bits per heavy atom. The highest BCUT2D eigenvalue weighted by atomic mass is 16.5. The molecule has 1 atom stereocenters. The quantitative estimate of drug-likeness (QED) is 0.763. The van der Waals surface area contributed by atoms with E-state index < -0.39 is 5.97 Å². The van der Waals surface area contributed by atoms with Gasteiger partial charge in [0.05, 0.1) is 25.5 Å². The van der Waals surface area contributed by atoms with E-state index in [1.807, 2.05) is 0 Å². The van der Waals surface area contributed by atoms with Gasteiger partial charge >= 0.3 is 5.97 Å². The summed E-state index contributed by atoms with van der Waals surface area (Å²) in [7, 11) is 1.33. The fourth-order valence-corrected chi connectivity index (χ4v) is 2.26. The third-order valence-corrected chi connectivity index (χ3v) is 3.25. The van der Waals surface area contributed by atoms with Gasteiger partial charge in [-0.3, -0.25) is 0 Å². The van der Waals surface area contributed by atoms with Crippen LogP contribution in [0.2, 0.25) is 0 Å². The number of hydrogen-bond donors (Lipinski definition) is 1. The minimum absolute atomic E-state index is 0.137. The Kier molecular flexibility index (Phi) is 4.86. The predicted molar refractivity (Wildman–Crippen MR) is 67.7 cm³/mol.